The Hall–Kier alpha value is -2.55. The molecule has 0 unspecified atom stereocenters. The summed E-state index contributed by atoms with van der Waals surface area (Å²) >= 11 is 0. The number of nitrogens with zero attached hydrogens (tertiary/aromatic N) is 1. The molecule has 0 aromatic heterocycles. The summed E-state index contributed by atoms with van der Waals surface area (Å²) in [7, 11) is 0. The first-order valence-electron chi connectivity index (χ1n) is 10.00. The second-order valence-corrected chi connectivity index (χ2v) is 7.87. The number of benzene rings is 1. The van der Waals surface area contributed by atoms with Crippen molar-refractivity contribution in [3.63, 3.8) is 0 Å². The molecule has 162 valence electrons. The highest BCUT2D eigenvalue weighted by Crippen LogP contribution is 2.44. The summed E-state index contributed by atoms with van der Waals surface area (Å²) in [5, 5.41) is 2.49. The molecule has 1 aromatic rings. The minimum atomic E-state index is -4.54. The lowest BCUT2D eigenvalue weighted by Crippen LogP contribution is -2.37. The van der Waals surface area contributed by atoms with Crippen LogP contribution in [0.5, 0.6) is 0 Å². The van der Waals surface area contributed by atoms with Crippen LogP contribution in [0.15, 0.2) is 30.4 Å². The third-order valence-corrected chi connectivity index (χ3v) is 5.88. The van der Waals surface area contributed by atoms with Gasteiger partial charge in [-0.05, 0) is 42.9 Å². The predicted molar refractivity (Wildman–Crippen MR) is 103 cm³/mol. The van der Waals surface area contributed by atoms with E-state index in [0.717, 1.165) is 25.0 Å². The van der Waals surface area contributed by atoms with Gasteiger partial charge in [-0.25, -0.2) is 0 Å². The largest absolute Gasteiger partial charge is 0.455 e. The number of ether oxygens (including phenoxy) is 2. The summed E-state index contributed by atoms with van der Waals surface area (Å²) in [6, 6.07) is 3.24. The molecule has 9 heteroatoms. The average Bonchev–Trinajstić information content (AvgIpc) is 3.36. The van der Waals surface area contributed by atoms with Crippen molar-refractivity contribution in [1.29, 1.82) is 0 Å². The quantitative estimate of drug-likeness (QED) is 0.581. The second kappa shape index (κ2) is 8.29. The number of carbonyl (C=O) groups excluding carboxylic acids is 2. The normalized spacial score (nSPS) is 25.4. The lowest BCUT2D eigenvalue weighted by Gasteiger charge is -2.31. The zero-order valence-electron chi connectivity index (χ0n) is 16.3. The number of halogens is 3. The molecule has 1 saturated heterocycles. The summed E-state index contributed by atoms with van der Waals surface area (Å²) in [6.07, 6.45) is 1.22. The molecule has 6 nitrogen and oxygen atoms in total. The van der Waals surface area contributed by atoms with Crippen LogP contribution in [0.2, 0.25) is 0 Å². The molecule has 3 atom stereocenters. The van der Waals surface area contributed by atoms with Crippen molar-refractivity contribution in [1.82, 2.24) is 0 Å². The van der Waals surface area contributed by atoms with E-state index >= 15 is 0 Å². The van der Waals surface area contributed by atoms with Crippen LogP contribution in [0.3, 0.4) is 0 Å². The zero-order chi connectivity index (χ0) is 21.3. The molecular formula is C21H23F3N2O4. The molecule has 0 radical (unpaired) electrons. The van der Waals surface area contributed by atoms with Gasteiger partial charge in [-0.1, -0.05) is 12.2 Å². The van der Waals surface area contributed by atoms with Gasteiger partial charge in [-0.15, -0.1) is 0 Å². The fourth-order valence-electron chi connectivity index (χ4n) is 4.37. The number of hydrogen-bond donors (Lipinski definition) is 1. The number of allylic oxidation sites excluding steroid dienone is 2. The highest BCUT2D eigenvalue weighted by molar-refractivity contribution is 5.96. The molecule has 1 saturated carbocycles. The van der Waals surface area contributed by atoms with Crippen molar-refractivity contribution in [2.75, 3.05) is 43.1 Å². The van der Waals surface area contributed by atoms with Crippen molar-refractivity contribution >= 4 is 23.3 Å². The Morgan fingerprint density at radius 1 is 1.17 bits per heavy atom. The first-order valence-corrected chi connectivity index (χ1v) is 10.00. The lowest BCUT2D eigenvalue weighted by atomic mass is 9.94. The maximum atomic E-state index is 13.2. The van der Waals surface area contributed by atoms with Gasteiger partial charge in [-0.2, -0.15) is 13.2 Å². The Labute approximate surface area is 172 Å². The van der Waals surface area contributed by atoms with Gasteiger partial charge in [0.25, 0.3) is 5.91 Å². The summed E-state index contributed by atoms with van der Waals surface area (Å²) in [5.74, 6) is -0.801. The van der Waals surface area contributed by atoms with Crippen molar-refractivity contribution in [3.8, 4) is 0 Å². The van der Waals surface area contributed by atoms with Crippen molar-refractivity contribution in [3.05, 3.63) is 35.9 Å². The van der Waals surface area contributed by atoms with Gasteiger partial charge < -0.3 is 19.7 Å². The molecule has 2 bridgehead atoms. The number of anilines is 2. The molecule has 2 aliphatic carbocycles. The third-order valence-electron chi connectivity index (χ3n) is 5.88. The minimum absolute atomic E-state index is 0.0376. The van der Waals surface area contributed by atoms with Gasteiger partial charge in [0.2, 0.25) is 0 Å². The van der Waals surface area contributed by atoms with Gasteiger partial charge in [-0.3, -0.25) is 9.59 Å². The Kier molecular flexibility index (Phi) is 5.73. The van der Waals surface area contributed by atoms with E-state index in [1.807, 2.05) is 11.0 Å². The molecule has 4 rings (SSSR count). The molecule has 3 aliphatic rings. The SMILES string of the molecule is O=C(COC(=O)[C@H]1C[C@@H]2C=C[C@H]1C2)Nc1cc(C(F)(F)F)ccc1N1CCOCC1. The monoisotopic (exact) mass is 424 g/mol. The third kappa shape index (κ3) is 4.45. The Balaban J connectivity index is 1.43. The molecule has 1 aliphatic heterocycles. The van der Waals surface area contributed by atoms with E-state index in [1.54, 1.807) is 0 Å². The molecule has 30 heavy (non-hydrogen) atoms. The van der Waals surface area contributed by atoms with E-state index < -0.39 is 30.2 Å². The van der Waals surface area contributed by atoms with Gasteiger partial charge >= 0.3 is 12.1 Å². The van der Waals surface area contributed by atoms with Crippen LogP contribution in [0.1, 0.15) is 18.4 Å². The number of morpholine rings is 1. The standard InChI is InChI=1S/C21H23F3N2O4/c22-21(23,24)15-3-4-18(26-5-7-29-8-6-26)17(11-15)25-19(27)12-30-20(28)16-10-13-1-2-14(16)9-13/h1-4,11,13-14,16H,5-10,12H2,(H,25,27)/t13-,14+,16+/m1/s1. The van der Waals surface area contributed by atoms with Crippen LogP contribution >= 0.6 is 0 Å². The molecule has 2 fully saturated rings. The Bertz CT molecular complexity index is 849. The highest BCUT2D eigenvalue weighted by atomic mass is 19.4. The number of rotatable bonds is 5. The van der Waals surface area contributed by atoms with E-state index in [9.17, 15) is 22.8 Å². The molecule has 1 aromatic carbocycles. The van der Waals surface area contributed by atoms with Crippen LogP contribution in [-0.2, 0) is 25.2 Å². The van der Waals surface area contributed by atoms with E-state index in [4.69, 9.17) is 9.47 Å². The van der Waals surface area contributed by atoms with E-state index in [1.165, 1.54) is 6.07 Å². The highest BCUT2D eigenvalue weighted by Gasteiger charge is 2.41. The van der Waals surface area contributed by atoms with Gasteiger partial charge in [0, 0.05) is 13.1 Å². The number of fused-ring (bicyclic) bond motifs is 2. The molecular weight excluding hydrogens is 401 g/mol. The van der Waals surface area contributed by atoms with Gasteiger partial charge in [0.1, 0.15) is 0 Å². The number of alkyl halides is 3. The van der Waals surface area contributed by atoms with Gasteiger partial charge in [0.15, 0.2) is 6.61 Å². The summed E-state index contributed by atoms with van der Waals surface area (Å²) in [6.45, 7) is 1.37. The van der Waals surface area contributed by atoms with E-state index in [0.29, 0.717) is 37.9 Å². The van der Waals surface area contributed by atoms with Crippen LogP contribution < -0.4 is 10.2 Å². The molecule has 1 N–H and O–H groups in total. The van der Waals surface area contributed by atoms with Crippen LogP contribution in [0.4, 0.5) is 24.5 Å². The van der Waals surface area contributed by atoms with Crippen LogP contribution in [0, 0.1) is 17.8 Å². The number of nitrogens with one attached hydrogen (secondary N) is 1. The van der Waals surface area contributed by atoms with E-state index in [-0.39, 0.29) is 17.5 Å². The smallest absolute Gasteiger partial charge is 0.416 e. The average molecular weight is 424 g/mol. The number of hydrogen-bond acceptors (Lipinski definition) is 5. The number of amides is 1. The summed E-state index contributed by atoms with van der Waals surface area (Å²) in [5.41, 5.74) is -0.347. The Morgan fingerprint density at radius 2 is 1.93 bits per heavy atom. The number of esters is 1. The second-order valence-electron chi connectivity index (χ2n) is 7.87. The maximum Gasteiger partial charge on any atom is 0.416 e. The fraction of sp³-hybridized carbons (Fsp3) is 0.524. The topological polar surface area (TPSA) is 67.9 Å². The first-order chi connectivity index (χ1) is 14.3. The zero-order valence-corrected chi connectivity index (χ0v) is 16.3. The lowest BCUT2D eigenvalue weighted by molar-refractivity contribution is -0.152. The fourth-order valence-corrected chi connectivity index (χ4v) is 4.37. The van der Waals surface area contributed by atoms with Crippen molar-refractivity contribution < 1.29 is 32.2 Å². The maximum absolute atomic E-state index is 13.2. The molecule has 0 spiro atoms. The summed E-state index contributed by atoms with van der Waals surface area (Å²) in [4.78, 5) is 26.5. The first kappa shape index (κ1) is 20.7. The van der Waals surface area contributed by atoms with Crippen molar-refractivity contribution in [2.45, 2.75) is 19.0 Å². The van der Waals surface area contributed by atoms with Crippen LogP contribution in [0.25, 0.3) is 0 Å². The van der Waals surface area contributed by atoms with Gasteiger partial charge in [0.05, 0.1) is 36.1 Å². The van der Waals surface area contributed by atoms with E-state index in [2.05, 4.69) is 11.4 Å². The Morgan fingerprint density at radius 3 is 2.57 bits per heavy atom. The van der Waals surface area contributed by atoms with Crippen LogP contribution in [-0.4, -0.2) is 44.8 Å². The molecule has 1 heterocycles. The predicted octanol–water partition coefficient (Wildman–Crippen LogP) is 3.24. The van der Waals surface area contributed by atoms with Crippen molar-refractivity contribution in [2.24, 2.45) is 17.8 Å². The number of carbonyl (C=O) groups is 2. The molecule has 1 amide bonds. The summed E-state index contributed by atoms with van der Waals surface area (Å²) < 4.78 is 49.9. The minimum Gasteiger partial charge on any atom is -0.455 e.